The molecule has 0 aliphatic carbocycles. The number of benzene rings is 2. The number of hydrogen-bond acceptors (Lipinski definition) is 5. The highest BCUT2D eigenvalue weighted by Gasteiger charge is 2.07. The van der Waals surface area contributed by atoms with Crippen LogP contribution in [0.5, 0.6) is 5.75 Å². The predicted molar refractivity (Wildman–Crippen MR) is 84.5 cm³/mol. The second-order valence-corrected chi connectivity index (χ2v) is 5.51. The van der Waals surface area contributed by atoms with Gasteiger partial charge < -0.3 is 14.9 Å². The van der Waals surface area contributed by atoms with Gasteiger partial charge in [0, 0.05) is 17.9 Å². The maximum atomic E-state index is 5.74. The third-order valence-electron chi connectivity index (χ3n) is 3.20. The van der Waals surface area contributed by atoms with Crippen molar-refractivity contribution in [3.8, 4) is 5.75 Å². The lowest BCUT2D eigenvalue weighted by Crippen LogP contribution is -2.00. The van der Waals surface area contributed by atoms with Crippen LogP contribution in [-0.4, -0.2) is 12.1 Å². The van der Waals surface area contributed by atoms with Crippen molar-refractivity contribution in [1.82, 2.24) is 4.98 Å². The summed E-state index contributed by atoms with van der Waals surface area (Å²) in [7, 11) is 1.65. The summed E-state index contributed by atoms with van der Waals surface area (Å²) in [6.45, 7) is 0.463. The Morgan fingerprint density at radius 2 is 2.10 bits per heavy atom. The molecule has 0 spiro atoms. The van der Waals surface area contributed by atoms with Gasteiger partial charge in [0.05, 0.1) is 7.11 Å². The Balaban J connectivity index is 1.75. The average molecular weight is 300 g/mol. The lowest BCUT2D eigenvalue weighted by molar-refractivity contribution is 0.409. The molecule has 0 aliphatic rings. The number of aromatic nitrogens is 1. The van der Waals surface area contributed by atoms with Crippen LogP contribution >= 0.6 is 11.8 Å². The third kappa shape index (κ3) is 3.04. The summed E-state index contributed by atoms with van der Waals surface area (Å²) < 4.78 is 11.0. The topological polar surface area (TPSA) is 61.3 Å². The van der Waals surface area contributed by atoms with Crippen molar-refractivity contribution in [3.05, 3.63) is 53.6 Å². The summed E-state index contributed by atoms with van der Waals surface area (Å²) in [6, 6.07) is 13.8. The molecule has 0 fully saturated rings. The number of oxazole rings is 1. The molecule has 0 radical (unpaired) electrons. The van der Waals surface area contributed by atoms with Gasteiger partial charge in [-0.1, -0.05) is 30.0 Å². The summed E-state index contributed by atoms with van der Waals surface area (Å²) in [5.74, 6) is 1.61. The van der Waals surface area contributed by atoms with Gasteiger partial charge in [-0.25, -0.2) is 4.98 Å². The molecule has 0 bridgehead atoms. The summed E-state index contributed by atoms with van der Waals surface area (Å²) in [5, 5.41) is 0.682. The van der Waals surface area contributed by atoms with E-state index in [1.54, 1.807) is 18.9 Å². The van der Waals surface area contributed by atoms with Gasteiger partial charge in [0.2, 0.25) is 0 Å². The minimum atomic E-state index is 0.463. The fourth-order valence-corrected chi connectivity index (χ4v) is 2.92. The van der Waals surface area contributed by atoms with E-state index < -0.39 is 0 Å². The Kier molecular flexibility index (Phi) is 4.13. The Labute approximate surface area is 127 Å². The van der Waals surface area contributed by atoms with E-state index in [9.17, 15) is 0 Å². The molecule has 21 heavy (non-hydrogen) atoms. The Hall–Kier alpha value is -1.98. The minimum Gasteiger partial charge on any atom is -0.496 e. The molecule has 0 aliphatic heterocycles. The highest BCUT2D eigenvalue weighted by Crippen LogP contribution is 2.28. The first-order valence-electron chi connectivity index (χ1n) is 6.64. The summed E-state index contributed by atoms with van der Waals surface area (Å²) in [4.78, 5) is 4.45. The van der Waals surface area contributed by atoms with E-state index in [1.807, 2.05) is 36.4 Å². The molecule has 2 N–H and O–H groups in total. The van der Waals surface area contributed by atoms with E-state index in [0.717, 1.165) is 28.2 Å². The zero-order valence-corrected chi connectivity index (χ0v) is 12.5. The molecule has 1 heterocycles. The summed E-state index contributed by atoms with van der Waals surface area (Å²) in [5.41, 5.74) is 9.62. The van der Waals surface area contributed by atoms with Crippen molar-refractivity contribution in [2.75, 3.05) is 7.11 Å². The van der Waals surface area contributed by atoms with E-state index in [1.165, 1.54) is 5.56 Å². The Morgan fingerprint density at radius 1 is 1.24 bits per heavy atom. The maximum Gasteiger partial charge on any atom is 0.257 e. The molecule has 4 nitrogen and oxygen atoms in total. The molecular weight excluding hydrogens is 284 g/mol. The van der Waals surface area contributed by atoms with Crippen LogP contribution in [0.2, 0.25) is 0 Å². The van der Waals surface area contributed by atoms with Gasteiger partial charge in [-0.2, -0.15) is 0 Å². The number of ether oxygens (including phenoxy) is 1. The second-order valence-electron chi connectivity index (χ2n) is 4.59. The summed E-state index contributed by atoms with van der Waals surface area (Å²) >= 11 is 1.57. The number of hydrogen-bond donors (Lipinski definition) is 1. The van der Waals surface area contributed by atoms with Crippen molar-refractivity contribution in [1.29, 1.82) is 0 Å². The van der Waals surface area contributed by atoms with Crippen LogP contribution in [0.1, 0.15) is 11.1 Å². The monoisotopic (exact) mass is 300 g/mol. The molecule has 0 saturated heterocycles. The second kappa shape index (κ2) is 6.20. The normalized spacial score (nSPS) is 11.0. The van der Waals surface area contributed by atoms with Gasteiger partial charge in [0.15, 0.2) is 5.58 Å². The van der Waals surface area contributed by atoms with Crippen molar-refractivity contribution >= 4 is 22.9 Å². The van der Waals surface area contributed by atoms with Crippen LogP contribution in [0.15, 0.2) is 52.1 Å². The fourth-order valence-electron chi connectivity index (χ4n) is 2.14. The van der Waals surface area contributed by atoms with Crippen molar-refractivity contribution in [3.63, 3.8) is 0 Å². The number of nitrogens with zero attached hydrogens (tertiary/aromatic N) is 1. The van der Waals surface area contributed by atoms with E-state index in [4.69, 9.17) is 14.9 Å². The van der Waals surface area contributed by atoms with E-state index in [-0.39, 0.29) is 0 Å². The molecule has 0 amide bonds. The highest BCUT2D eigenvalue weighted by molar-refractivity contribution is 7.98. The quantitative estimate of drug-likeness (QED) is 0.730. The van der Waals surface area contributed by atoms with Crippen molar-refractivity contribution < 1.29 is 9.15 Å². The van der Waals surface area contributed by atoms with Crippen LogP contribution < -0.4 is 10.5 Å². The number of methoxy groups -OCH3 is 1. The molecule has 108 valence electrons. The van der Waals surface area contributed by atoms with E-state index >= 15 is 0 Å². The fraction of sp³-hybridized carbons (Fsp3) is 0.188. The smallest absolute Gasteiger partial charge is 0.257 e. The van der Waals surface area contributed by atoms with Gasteiger partial charge in [0.1, 0.15) is 11.3 Å². The number of para-hydroxylation sites is 2. The molecule has 0 saturated carbocycles. The highest BCUT2D eigenvalue weighted by atomic mass is 32.2. The number of nitrogens with two attached hydrogens (primary N) is 1. The lowest BCUT2D eigenvalue weighted by Gasteiger charge is -2.08. The molecule has 3 rings (SSSR count). The van der Waals surface area contributed by atoms with Crippen LogP contribution in [0.4, 0.5) is 0 Å². The van der Waals surface area contributed by atoms with Crippen molar-refractivity contribution in [2.45, 2.75) is 17.5 Å². The lowest BCUT2D eigenvalue weighted by atomic mass is 10.1. The predicted octanol–water partition coefficient (Wildman–Crippen LogP) is 3.59. The first-order chi connectivity index (χ1) is 10.3. The SMILES string of the molecule is COc1ccc(CSc2nc3ccccc3o2)cc1CN. The first-order valence-corrected chi connectivity index (χ1v) is 7.63. The molecule has 3 aromatic rings. The standard InChI is InChI=1S/C16H16N2O2S/c1-19-14-7-6-11(8-12(14)9-17)10-21-16-18-13-4-2-3-5-15(13)20-16/h2-8H,9-10,17H2,1H3. The number of fused-ring (bicyclic) bond motifs is 1. The largest absolute Gasteiger partial charge is 0.496 e. The molecule has 0 atom stereocenters. The van der Waals surface area contributed by atoms with Gasteiger partial charge in [-0.3, -0.25) is 0 Å². The van der Waals surface area contributed by atoms with Gasteiger partial charge in [0.25, 0.3) is 5.22 Å². The van der Waals surface area contributed by atoms with Crippen LogP contribution in [0.3, 0.4) is 0 Å². The Bertz CT molecular complexity index is 722. The van der Waals surface area contributed by atoms with Crippen LogP contribution in [0.25, 0.3) is 11.1 Å². The summed E-state index contributed by atoms with van der Waals surface area (Å²) in [6.07, 6.45) is 0. The van der Waals surface area contributed by atoms with Crippen LogP contribution in [-0.2, 0) is 12.3 Å². The minimum absolute atomic E-state index is 0.463. The molecule has 2 aromatic carbocycles. The third-order valence-corrected chi connectivity index (χ3v) is 4.10. The van der Waals surface area contributed by atoms with Crippen molar-refractivity contribution in [2.24, 2.45) is 5.73 Å². The van der Waals surface area contributed by atoms with E-state index in [2.05, 4.69) is 11.1 Å². The van der Waals surface area contributed by atoms with Gasteiger partial charge >= 0.3 is 0 Å². The Morgan fingerprint density at radius 3 is 2.86 bits per heavy atom. The molecule has 0 unspecified atom stereocenters. The first kappa shape index (κ1) is 14.0. The number of thioether (sulfide) groups is 1. The zero-order valence-electron chi connectivity index (χ0n) is 11.7. The van der Waals surface area contributed by atoms with Gasteiger partial charge in [-0.15, -0.1) is 0 Å². The molecular formula is C16H16N2O2S. The van der Waals surface area contributed by atoms with Gasteiger partial charge in [-0.05, 0) is 29.8 Å². The van der Waals surface area contributed by atoms with E-state index in [0.29, 0.717) is 11.8 Å². The zero-order chi connectivity index (χ0) is 14.7. The maximum absolute atomic E-state index is 5.74. The average Bonchev–Trinajstić information content (AvgIpc) is 2.95. The molecule has 1 aromatic heterocycles. The molecule has 5 heteroatoms. The number of rotatable bonds is 5. The van der Waals surface area contributed by atoms with Crippen LogP contribution in [0, 0.1) is 0 Å².